The van der Waals surface area contributed by atoms with E-state index in [0.717, 1.165) is 36.6 Å². The van der Waals surface area contributed by atoms with E-state index in [4.69, 9.17) is 4.74 Å². The van der Waals surface area contributed by atoms with Gasteiger partial charge < -0.3 is 29.9 Å². The minimum absolute atomic E-state index is 0.0795. The highest BCUT2D eigenvalue weighted by atomic mass is 16.6. The molecule has 3 aliphatic carbocycles. The number of fused-ring (bicyclic) bond motifs is 2. The Morgan fingerprint density at radius 2 is 1.86 bits per heavy atom. The van der Waals surface area contributed by atoms with Crippen LogP contribution in [0.1, 0.15) is 57.4 Å². The summed E-state index contributed by atoms with van der Waals surface area (Å²) < 4.78 is 7.20. The van der Waals surface area contributed by atoms with Crippen molar-refractivity contribution < 1.29 is 20.1 Å². The van der Waals surface area contributed by atoms with Gasteiger partial charge in [-0.15, -0.1) is 0 Å². The number of aromatic amines is 1. The van der Waals surface area contributed by atoms with Crippen LogP contribution in [-0.2, 0) is 4.74 Å². The molecule has 198 valence electrons. The summed E-state index contributed by atoms with van der Waals surface area (Å²) in [5, 5.41) is 36.1. The van der Waals surface area contributed by atoms with Crippen molar-refractivity contribution in [1.82, 2.24) is 9.88 Å². The van der Waals surface area contributed by atoms with Crippen LogP contribution >= 0.6 is 0 Å². The zero-order chi connectivity index (χ0) is 26.0. The SMILES string of the molecule is CN(C)C1CC23CCC4(O2)C2CC=C(c5ccc6cc[nH]c(=O)c6c5)C2(C)CCC4(O)CC3C(O)C1O. The maximum absolute atomic E-state index is 12.5. The third-order valence-corrected chi connectivity index (χ3v) is 11.3. The van der Waals surface area contributed by atoms with Gasteiger partial charge in [-0.2, -0.15) is 0 Å². The van der Waals surface area contributed by atoms with Crippen molar-refractivity contribution in [3.8, 4) is 0 Å². The summed E-state index contributed by atoms with van der Waals surface area (Å²) in [6, 6.07) is 7.90. The predicted molar refractivity (Wildman–Crippen MR) is 141 cm³/mol. The van der Waals surface area contributed by atoms with Crippen molar-refractivity contribution in [3.05, 3.63) is 52.5 Å². The molecule has 1 aromatic carbocycles. The van der Waals surface area contributed by atoms with Crippen molar-refractivity contribution in [2.45, 2.75) is 86.9 Å². The lowest BCUT2D eigenvalue weighted by Gasteiger charge is -2.65. The standard InChI is InChI=1S/C30H38N2O5/c1-27-9-11-29(36)15-21-24(33)25(34)22(32(2)3)16-28(21)10-12-30(29,37-28)23(27)7-6-20(27)18-5-4-17-8-13-31-26(35)19(17)14-18/h4-6,8,13-14,21-25,33-34,36H,7,9-12,15-16H2,1-3H3,(H,31,35). The molecule has 7 nitrogen and oxygen atoms in total. The fourth-order valence-corrected chi connectivity index (χ4v) is 9.41. The molecule has 1 aromatic heterocycles. The third kappa shape index (κ3) is 2.92. The van der Waals surface area contributed by atoms with Gasteiger partial charge >= 0.3 is 0 Å². The Morgan fingerprint density at radius 3 is 2.65 bits per heavy atom. The van der Waals surface area contributed by atoms with Gasteiger partial charge in [0.05, 0.1) is 23.4 Å². The van der Waals surface area contributed by atoms with Crippen LogP contribution in [0.25, 0.3) is 16.3 Å². The Hall–Kier alpha value is -2.03. The van der Waals surface area contributed by atoms with Crippen molar-refractivity contribution in [1.29, 1.82) is 0 Å². The topological polar surface area (TPSA) is 106 Å². The molecule has 2 aliphatic heterocycles. The molecule has 0 radical (unpaired) electrons. The van der Waals surface area contributed by atoms with E-state index in [0.29, 0.717) is 24.6 Å². The summed E-state index contributed by atoms with van der Waals surface area (Å²) >= 11 is 0. The van der Waals surface area contributed by atoms with Crippen LogP contribution in [0.2, 0.25) is 0 Å². The lowest BCUT2D eigenvalue weighted by Crippen LogP contribution is -2.73. The van der Waals surface area contributed by atoms with E-state index in [1.165, 1.54) is 5.57 Å². The largest absolute Gasteiger partial charge is 0.390 e. The van der Waals surface area contributed by atoms with E-state index in [1.807, 2.05) is 37.2 Å². The fraction of sp³-hybridized carbons (Fsp3) is 0.633. The average molecular weight is 507 g/mol. The minimum Gasteiger partial charge on any atom is -0.390 e. The first kappa shape index (κ1) is 24.0. The van der Waals surface area contributed by atoms with E-state index < -0.39 is 29.0 Å². The number of rotatable bonds is 2. The number of aliphatic hydroxyl groups excluding tert-OH is 2. The van der Waals surface area contributed by atoms with Crippen LogP contribution in [0.15, 0.2) is 41.3 Å². The van der Waals surface area contributed by atoms with E-state index in [-0.39, 0.29) is 28.9 Å². The smallest absolute Gasteiger partial charge is 0.255 e. The second-order valence-electron chi connectivity index (χ2n) is 13.0. The molecule has 2 aromatic rings. The van der Waals surface area contributed by atoms with Crippen molar-refractivity contribution in [2.24, 2.45) is 17.3 Å². The van der Waals surface area contributed by atoms with Crippen molar-refractivity contribution >= 4 is 16.3 Å². The first-order chi connectivity index (χ1) is 17.5. The third-order valence-electron chi connectivity index (χ3n) is 11.3. The fourth-order valence-electron chi connectivity index (χ4n) is 9.41. The molecular formula is C30H38N2O5. The first-order valence-corrected chi connectivity index (χ1v) is 13.8. The number of hydrogen-bond acceptors (Lipinski definition) is 6. The maximum atomic E-state index is 12.5. The molecular weight excluding hydrogens is 468 g/mol. The summed E-state index contributed by atoms with van der Waals surface area (Å²) in [5.74, 6) is -0.162. The van der Waals surface area contributed by atoms with E-state index in [9.17, 15) is 20.1 Å². The summed E-state index contributed by atoms with van der Waals surface area (Å²) in [6.45, 7) is 2.31. The molecule has 2 saturated carbocycles. The van der Waals surface area contributed by atoms with Crippen LogP contribution < -0.4 is 5.56 Å². The van der Waals surface area contributed by atoms with Crippen LogP contribution in [0.4, 0.5) is 0 Å². The zero-order valence-corrected chi connectivity index (χ0v) is 21.9. The molecule has 9 atom stereocenters. The highest BCUT2D eigenvalue weighted by Gasteiger charge is 2.76. The Morgan fingerprint density at radius 1 is 1.05 bits per heavy atom. The summed E-state index contributed by atoms with van der Waals surface area (Å²) in [7, 11) is 3.89. The Bertz CT molecular complexity index is 1370. The van der Waals surface area contributed by atoms with Gasteiger partial charge in [-0.25, -0.2) is 0 Å². The van der Waals surface area contributed by atoms with Gasteiger partial charge in [0.2, 0.25) is 0 Å². The number of nitrogens with one attached hydrogen (secondary N) is 1. The first-order valence-electron chi connectivity index (χ1n) is 13.8. The number of aliphatic hydroxyl groups is 3. The second kappa shape index (κ2) is 7.54. The number of nitrogens with zero attached hydrogens (tertiary/aromatic N) is 1. The van der Waals surface area contributed by atoms with Crippen molar-refractivity contribution in [2.75, 3.05) is 14.1 Å². The van der Waals surface area contributed by atoms with Gasteiger partial charge in [-0.3, -0.25) is 4.79 Å². The molecule has 7 heteroatoms. The molecule has 2 saturated heterocycles. The number of likely N-dealkylation sites (N-methyl/N-ethyl adjacent to an activating group) is 1. The molecule has 37 heavy (non-hydrogen) atoms. The maximum Gasteiger partial charge on any atom is 0.255 e. The normalized spacial score (nSPS) is 46.5. The highest BCUT2D eigenvalue weighted by Crippen LogP contribution is 2.71. The Kier molecular flexibility index (Phi) is 4.90. The monoisotopic (exact) mass is 506 g/mol. The highest BCUT2D eigenvalue weighted by molar-refractivity contribution is 5.86. The number of hydrogen-bond donors (Lipinski definition) is 4. The number of benzene rings is 1. The Labute approximate surface area is 217 Å². The quantitative estimate of drug-likeness (QED) is 0.499. The molecule has 9 unspecified atom stereocenters. The lowest BCUT2D eigenvalue weighted by molar-refractivity contribution is -0.331. The predicted octanol–water partition coefficient (Wildman–Crippen LogP) is 2.83. The second-order valence-corrected chi connectivity index (χ2v) is 13.0. The van der Waals surface area contributed by atoms with Crippen LogP contribution in [0, 0.1) is 17.3 Å². The number of allylic oxidation sites excluding steroid dienone is 2. The molecule has 5 aliphatic rings. The molecule has 4 N–H and O–H groups in total. The van der Waals surface area contributed by atoms with Gasteiger partial charge in [-0.1, -0.05) is 25.1 Å². The van der Waals surface area contributed by atoms with Crippen LogP contribution in [0.3, 0.4) is 0 Å². The van der Waals surface area contributed by atoms with Crippen LogP contribution in [-0.4, -0.2) is 74.4 Å². The molecule has 4 fully saturated rings. The lowest BCUT2D eigenvalue weighted by atomic mass is 9.51. The Balaban J connectivity index is 1.28. The van der Waals surface area contributed by atoms with Gasteiger partial charge in [0.25, 0.3) is 5.56 Å². The summed E-state index contributed by atoms with van der Waals surface area (Å²) in [4.78, 5) is 17.3. The van der Waals surface area contributed by atoms with E-state index >= 15 is 0 Å². The zero-order valence-electron chi connectivity index (χ0n) is 21.9. The van der Waals surface area contributed by atoms with E-state index in [1.54, 1.807) is 6.20 Å². The molecule has 3 heterocycles. The summed E-state index contributed by atoms with van der Waals surface area (Å²) in [5.41, 5.74) is -0.189. The number of aromatic nitrogens is 1. The van der Waals surface area contributed by atoms with E-state index in [2.05, 4.69) is 24.1 Å². The van der Waals surface area contributed by atoms with Gasteiger partial charge in [0.15, 0.2) is 0 Å². The van der Waals surface area contributed by atoms with Crippen LogP contribution in [0.5, 0.6) is 0 Å². The average Bonchev–Trinajstić information content (AvgIpc) is 3.40. The number of pyridine rings is 1. The minimum atomic E-state index is -1.03. The van der Waals surface area contributed by atoms with Gasteiger partial charge in [0.1, 0.15) is 5.60 Å². The molecule has 2 spiro atoms. The van der Waals surface area contributed by atoms with Gasteiger partial charge in [0, 0.05) is 29.5 Å². The number of ether oxygens (including phenoxy) is 1. The van der Waals surface area contributed by atoms with Gasteiger partial charge in [-0.05, 0) is 93.1 Å². The summed E-state index contributed by atoms with van der Waals surface area (Å²) in [6.07, 6.45) is 7.15. The van der Waals surface area contributed by atoms with Crippen molar-refractivity contribution in [3.63, 3.8) is 0 Å². The molecule has 0 amide bonds. The molecule has 7 rings (SSSR count). The molecule has 2 bridgehead atoms. The number of H-pyrrole nitrogens is 1.